The number of nitrogens with zero attached hydrogens (tertiary/aromatic N) is 5. The smallest absolute Gasteiger partial charge is 0.246 e. The van der Waals surface area contributed by atoms with Gasteiger partial charge in [-0.25, -0.2) is 0 Å². The van der Waals surface area contributed by atoms with Crippen molar-refractivity contribution in [1.29, 1.82) is 0 Å². The molecular weight excluding hydrogens is 366 g/mol. The number of carbonyl (C=O) groups excluding carboxylic acids is 1. The molecule has 0 spiro atoms. The summed E-state index contributed by atoms with van der Waals surface area (Å²) in [6, 6.07) is 14.8. The van der Waals surface area contributed by atoms with Gasteiger partial charge in [-0.05, 0) is 54.1 Å². The largest absolute Gasteiger partial charge is 0.497 e. The Morgan fingerprint density at radius 3 is 2.48 bits per heavy atom. The van der Waals surface area contributed by atoms with Crippen molar-refractivity contribution < 1.29 is 9.53 Å². The Bertz CT molecular complexity index is 893. The van der Waals surface area contributed by atoms with Gasteiger partial charge in [-0.3, -0.25) is 4.79 Å². The molecule has 0 N–H and O–H groups in total. The predicted octanol–water partition coefficient (Wildman–Crippen LogP) is 3.05. The summed E-state index contributed by atoms with van der Waals surface area (Å²) in [6.07, 6.45) is 0. The maximum absolute atomic E-state index is 12.6. The third kappa shape index (κ3) is 4.83. The summed E-state index contributed by atoms with van der Waals surface area (Å²) in [4.78, 5) is 15.7. The van der Waals surface area contributed by atoms with Crippen LogP contribution in [0.15, 0.2) is 48.5 Å². The van der Waals surface area contributed by atoms with Crippen molar-refractivity contribution >= 4 is 17.5 Å². The fourth-order valence-corrected chi connectivity index (χ4v) is 2.70. The fraction of sp³-hybridized carbons (Fsp3) is 0.263. The van der Waals surface area contributed by atoms with Gasteiger partial charge in [0, 0.05) is 23.7 Å². The number of halogens is 1. The van der Waals surface area contributed by atoms with E-state index in [1.54, 1.807) is 24.1 Å². The number of carbonyl (C=O) groups is 1. The summed E-state index contributed by atoms with van der Waals surface area (Å²) in [5.74, 6) is 1.17. The quantitative estimate of drug-likeness (QED) is 0.625. The second-order valence-corrected chi connectivity index (χ2v) is 6.34. The number of ether oxygens (including phenoxy) is 1. The molecule has 0 fully saturated rings. The van der Waals surface area contributed by atoms with Crippen molar-refractivity contribution in [3.63, 3.8) is 0 Å². The SMILES string of the molecule is CCN(Cc1ccc(OC)cc1)C(=O)Cn1nnc(-c2ccc(Cl)cc2)n1. The van der Waals surface area contributed by atoms with Crippen molar-refractivity contribution in [3.8, 4) is 17.1 Å². The second kappa shape index (κ2) is 8.64. The predicted molar refractivity (Wildman–Crippen MR) is 102 cm³/mol. The minimum absolute atomic E-state index is 0.0323. The topological polar surface area (TPSA) is 73.1 Å². The molecule has 1 aromatic heterocycles. The highest BCUT2D eigenvalue weighted by atomic mass is 35.5. The van der Waals surface area contributed by atoms with Gasteiger partial charge in [0.05, 0.1) is 7.11 Å². The number of rotatable bonds is 7. The minimum atomic E-state index is -0.0756. The molecule has 0 aliphatic carbocycles. The van der Waals surface area contributed by atoms with E-state index in [-0.39, 0.29) is 12.5 Å². The fourth-order valence-electron chi connectivity index (χ4n) is 2.57. The Kier molecular flexibility index (Phi) is 6.03. The van der Waals surface area contributed by atoms with Crippen molar-refractivity contribution in [2.24, 2.45) is 0 Å². The molecule has 0 bridgehead atoms. The molecule has 3 aromatic rings. The number of methoxy groups -OCH3 is 1. The van der Waals surface area contributed by atoms with Crippen LogP contribution in [0.2, 0.25) is 5.02 Å². The molecule has 0 aliphatic rings. The van der Waals surface area contributed by atoms with E-state index >= 15 is 0 Å². The highest BCUT2D eigenvalue weighted by Gasteiger charge is 2.15. The first-order valence-electron chi connectivity index (χ1n) is 8.53. The number of hydrogen-bond acceptors (Lipinski definition) is 5. The average Bonchev–Trinajstić information content (AvgIpc) is 3.15. The number of aromatic nitrogens is 4. The first-order chi connectivity index (χ1) is 13.1. The van der Waals surface area contributed by atoms with Crippen LogP contribution < -0.4 is 4.74 Å². The van der Waals surface area contributed by atoms with Gasteiger partial charge in [0.2, 0.25) is 11.7 Å². The van der Waals surface area contributed by atoms with Crippen LogP contribution in [0.25, 0.3) is 11.4 Å². The third-order valence-corrected chi connectivity index (χ3v) is 4.35. The van der Waals surface area contributed by atoms with Crippen LogP contribution in [0.3, 0.4) is 0 Å². The second-order valence-electron chi connectivity index (χ2n) is 5.91. The van der Waals surface area contributed by atoms with E-state index in [0.29, 0.717) is 23.9 Å². The zero-order valence-electron chi connectivity index (χ0n) is 15.2. The highest BCUT2D eigenvalue weighted by Crippen LogP contribution is 2.17. The van der Waals surface area contributed by atoms with E-state index < -0.39 is 0 Å². The molecule has 27 heavy (non-hydrogen) atoms. The van der Waals surface area contributed by atoms with Crippen molar-refractivity contribution in [2.45, 2.75) is 20.0 Å². The zero-order chi connectivity index (χ0) is 19.2. The Labute approximate surface area is 162 Å². The molecule has 0 atom stereocenters. The van der Waals surface area contributed by atoms with Gasteiger partial charge in [0.1, 0.15) is 12.3 Å². The lowest BCUT2D eigenvalue weighted by molar-refractivity contribution is -0.132. The molecule has 1 amide bonds. The molecule has 0 unspecified atom stereocenters. The lowest BCUT2D eigenvalue weighted by Gasteiger charge is -2.20. The minimum Gasteiger partial charge on any atom is -0.497 e. The van der Waals surface area contributed by atoms with Gasteiger partial charge in [0.15, 0.2) is 0 Å². The normalized spacial score (nSPS) is 10.6. The molecule has 7 nitrogen and oxygen atoms in total. The number of hydrogen-bond donors (Lipinski definition) is 0. The van der Waals surface area contributed by atoms with Gasteiger partial charge in [-0.2, -0.15) is 4.80 Å². The van der Waals surface area contributed by atoms with Gasteiger partial charge in [0.25, 0.3) is 0 Å². The highest BCUT2D eigenvalue weighted by molar-refractivity contribution is 6.30. The van der Waals surface area contributed by atoms with Gasteiger partial charge in [-0.15, -0.1) is 10.2 Å². The third-order valence-electron chi connectivity index (χ3n) is 4.10. The van der Waals surface area contributed by atoms with Gasteiger partial charge >= 0.3 is 0 Å². The Hall–Kier alpha value is -2.93. The van der Waals surface area contributed by atoms with E-state index in [1.807, 2.05) is 43.3 Å². The lowest BCUT2D eigenvalue weighted by atomic mass is 10.2. The number of benzene rings is 2. The van der Waals surface area contributed by atoms with Crippen LogP contribution in [-0.2, 0) is 17.9 Å². The lowest BCUT2D eigenvalue weighted by Crippen LogP contribution is -2.33. The first-order valence-corrected chi connectivity index (χ1v) is 8.91. The summed E-state index contributed by atoms with van der Waals surface area (Å²) in [7, 11) is 1.63. The van der Waals surface area contributed by atoms with Crippen molar-refractivity contribution in [1.82, 2.24) is 25.1 Å². The standard InChI is InChI=1S/C19H20ClN5O2/c1-3-24(12-14-4-10-17(27-2)11-5-14)18(26)13-25-22-19(21-23-25)15-6-8-16(20)9-7-15/h4-11H,3,12-13H2,1-2H3. The molecule has 1 heterocycles. The maximum Gasteiger partial charge on any atom is 0.246 e. The van der Waals surface area contributed by atoms with Gasteiger partial charge in [-0.1, -0.05) is 23.7 Å². The van der Waals surface area contributed by atoms with E-state index in [0.717, 1.165) is 16.9 Å². The average molecular weight is 386 g/mol. The summed E-state index contributed by atoms with van der Waals surface area (Å²) >= 11 is 5.89. The van der Waals surface area contributed by atoms with Crippen LogP contribution in [0, 0.1) is 0 Å². The van der Waals surface area contributed by atoms with Crippen LogP contribution in [0.4, 0.5) is 0 Å². The van der Waals surface area contributed by atoms with Gasteiger partial charge < -0.3 is 9.64 Å². The Morgan fingerprint density at radius 1 is 1.15 bits per heavy atom. The van der Waals surface area contributed by atoms with Crippen LogP contribution in [0.1, 0.15) is 12.5 Å². The number of tetrazole rings is 1. The molecule has 2 aromatic carbocycles. The van der Waals surface area contributed by atoms with Crippen molar-refractivity contribution in [3.05, 3.63) is 59.1 Å². The monoisotopic (exact) mass is 385 g/mol. The summed E-state index contributed by atoms with van der Waals surface area (Å²) < 4.78 is 5.16. The molecule has 0 radical (unpaired) electrons. The molecule has 0 saturated heterocycles. The van der Waals surface area contributed by atoms with Crippen molar-refractivity contribution in [2.75, 3.05) is 13.7 Å². The van der Waals surface area contributed by atoms with E-state index in [9.17, 15) is 4.79 Å². The summed E-state index contributed by atoms with van der Waals surface area (Å²) in [6.45, 7) is 3.07. The maximum atomic E-state index is 12.6. The van der Waals surface area contributed by atoms with Crippen LogP contribution in [0.5, 0.6) is 5.75 Å². The van der Waals surface area contributed by atoms with Crippen LogP contribution in [-0.4, -0.2) is 44.7 Å². The van der Waals surface area contributed by atoms with Crippen LogP contribution >= 0.6 is 11.6 Å². The molecule has 8 heteroatoms. The van der Waals surface area contributed by atoms with E-state index in [1.165, 1.54) is 4.80 Å². The Morgan fingerprint density at radius 2 is 1.85 bits per heavy atom. The number of likely N-dealkylation sites (N-methyl/N-ethyl adjacent to an activating group) is 1. The van der Waals surface area contributed by atoms with E-state index in [2.05, 4.69) is 15.4 Å². The number of amides is 1. The summed E-state index contributed by atoms with van der Waals surface area (Å²) in [5, 5.41) is 12.9. The van der Waals surface area contributed by atoms with E-state index in [4.69, 9.17) is 16.3 Å². The molecule has 0 saturated carbocycles. The summed E-state index contributed by atoms with van der Waals surface area (Å²) in [5.41, 5.74) is 1.82. The Balaban J connectivity index is 1.65. The first kappa shape index (κ1) is 18.8. The zero-order valence-corrected chi connectivity index (χ0v) is 15.9. The molecule has 140 valence electrons. The molecular formula is C19H20ClN5O2. The molecule has 3 rings (SSSR count). The molecule has 0 aliphatic heterocycles.